The minimum absolute atomic E-state index is 0.111. The average Bonchev–Trinajstić information content (AvgIpc) is 2.58. The molecule has 2 aliphatic heterocycles. The summed E-state index contributed by atoms with van der Waals surface area (Å²) in [6.07, 6.45) is 1.37. The van der Waals surface area contributed by atoms with E-state index >= 15 is 0 Å². The van der Waals surface area contributed by atoms with Crippen molar-refractivity contribution in [3.63, 3.8) is 0 Å². The molecule has 0 radical (unpaired) electrons. The van der Waals surface area contributed by atoms with Crippen LogP contribution in [0.4, 0.5) is 0 Å². The van der Waals surface area contributed by atoms with Gasteiger partial charge in [-0.3, -0.25) is 0 Å². The molecule has 0 atom stereocenters. The van der Waals surface area contributed by atoms with E-state index < -0.39 is 5.79 Å². The average molecular weight is 425 g/mol. The van der Waals surface area contributed by atoms with Gasteiger partial charge in [0.2, 0.25) is 0 Å². The van der Waals surface area contributed by atoms with Crippen molar-refractivity contribution >= 4 is 0 Å². The van der Waals surface area contributed by atoms with Gasteiger partial charge in [-0.05, 0) is 24.0 Å². The predicted octanol–water partition coefficient (Wildman–Crippen LogP) is 6.86. The Kier molecular flexibility index (Phi) is 4.81. The molecule has 0 saturated carbocycles. The number of hydrogen-bond donors (Lipinski definition) is 2. The van der Waals surface area contributed by atoms with Gasteiger partial charge in [0.1, 0.15) is 23.0 Å². The SMILES string of the molecule is CC(C)c1c(O)ccc2c1OC1(CC2(C)C)CC(C)(C)c2ccc(O)c(C(C)C)c2O1. The zero-order valence-corrected chi connectivity index (χ0v) is 20.1. The molecule has 1 spiro atoms. The number of rotatable bonds is 2. The third-order valence-electron chi connectivity index (χ3n) is 6.96. The van der Waals surface area contributed by atoms with Crippen LogP contribution < -0.4 is 9.47 Å². The van der Waals surface area contributed by atoms with Gasteiger partial charge in [-0.25, -0.2) is 0 Å². The molecule has 4 rings (SSSR count). The molecule has 4 heteroatoms. The fourth-order valence-electron chi connectivity index (χ4n) is 5.72. The van der Waals surface area contributed by atoms with Crippen LogP contribution in [-0.4, -0.2) is 16.0 Å². The molecule has 0 aliphatic carbocycles. The Labute approximate surface area is 186 Å². The highest BCUT2D eigenvalue weighted by Crippen LogP contribution is 2.57. The monoisotopic (exact) mass is 424 g/mol. The highest BCUT2D eigenvalue weighted by Gasteiger charge is 2.54. The Bertz CT molecular complexity index is 947. The summed E-state index contributed by atoms with van der Waals surface area (Å²) in [6, 6.07) is 7.54. The summed E-state index contributed by atoms with van der Waals surface area (Å²) in [7, 11) is 0. The summed E-state index contributed by atoms with van der Waals surface area (Å²) < 4.78 is 13.5. The maximum absolute atomic E-state index is 10.7. The molecule has 2 aromatic rings. The van der Waals surface area contributed by atoms with Crippen LogP contribution in [0.3, 0.4) is 0 Å². The van der Waals surface area contributed by atoms with E-state index in [0.717, 1.165) is 33.8 Å². The first kappa shape index (κ1) is 21.9. The van der Waals surface area contributed by atoms with Crippen molar-refractivity contribution in [2.75, 3.05) is 0 Å². The summed E-state index contributed by atoms with van der Waals surface area (Å²) >= 11 is 0. The van der Waals surface area contributed by atoms with Crippen LogP contribution >= 0.6 is 0 Å². The lowest BCUT2D eigenvalue weighted by Crippen LogP contribution is -2.56. The minimum atomic E-state index is -0.873. The number of aromatic hydroxyl groups is 2. The molecule has 0 saturated heterocycles. The van der Waals surface area contributed by atoms with Crippen LogP contribution in [0.2, 0.25) is 0 Å². The van der Waals surface area contributed by atoms with Gasteiger partial charge in [0.15, 0.2) is 0 Å². The van der Waals surface area contributed by atoms with Crippen LogP contribution in [0.1, 0.15) is 102 Å². The third kappa shape index (κ3) is 3.35. The predicted molar refractivity (Wildman–Crippen MR) is 124 cm³/mol. The van der Waals surface area contributed by atoms with Crippen molar-refractivity contribution in [3.05, 3.63) is 46.5 Å². The first-order valence-electron chi connectivity index (χ1n) is 11.4. The van der Waals surface area contributed by atoms with E-state index in [2.05, 4.69) is 55.4 Å². The lowest BCUT2D eigenvalue weighted by atomic mass is 9.68. The summed E-state index contributed by atoms with van der Waals surface area (Å²) in [6.45, 7) is 17.2. The number of hydrogen-bond acceptors (Lipinski definition) is 4. The summed E-state index contributed by atoms with van der Waals surface area (Å²) in [5.41, 5.74) is 3.47. The zero-order chi connectivity index (χ0) is 22.9. The molecule has 2 N–H and O–H groups in total. The number of ether oxygens (including phenoxy) is 2. The molecule has 2 aromatic carbocycles. The van der Waals surface area contributed by atoms with Crippen LogP contribution in [0.25, 0.3) is 0 Å². The van der Waals surface area contributed by atoms with Gasteiger partial charge in [-0.15, -0.1) is 0 Å². The molecular weight excluding hydrogens is 388 g/mol. The van der Waals surface area contributed by atoms with Gasteiger partial charge in [-0.1, -0.05) is 67.5 Å². The fraction of sp³-hybridized carbons (Fsp3) is 0.556. The van der Waals surface area contributed by atoms with Gasteiger partial charge in [0.05, 0.1) is 0 Å². The van der Waals surface area contributed by atoms with Crippen molar-refractivity contribution in [2.24, 2.45) is 0 Å². The van der Waals surface area contributed by atoms with E-state index in [1.807, 2.05) is 12.1 Å². The number of fused-ring (bicyclic) bond motifs is 2. The highest BCUT2D eigenvalue weighted by molar-refractivity contribution is 5.58. The number of phenolic OH excluding ortho intramolecular Hbond substituents is 2. The largest absolute Gasteiger partial charge is 0.508 e. The first-order valence-corrected chi connectivity index (χ1v) is 11.4. The second kappa shape index (κ2) is 6.82. The topological polar surface area (TPSA) is 58.9 Å². The van der Waals surface area contributed by atoms with E-state index in [0.29, 0.717) is 12.8 Å². The summed E-state index contributed by atoms with van der Waals surface area (Å²) in [5.74, 6) is 1.37. The molecule has 31 heavy (non-hydrogen) atoms. The molecule has 168 valence electrons. The molecule has 2 aliphatic rings. The van der Waals surface area contributed by atoms with Crippen molar-refractivity contribution < 1.29 is 19.7 Å². The van der Waals surface area contributed by atoms with Gasteiger partial charge in [0.25, 0.3) is 5.79 Å². The van der Waals surface area contributed by atoms with Crippen molar-refractivity contribution in [1.29, 1.82) is 0 Å². The van der Waals surface area contributed by atoms with E-state index in [1.54, 1.807) is 12.1 Å². The van der Waals surface area contributed by atoms with Gasteiger partial charge >= 0.3 is 0 Å². The van der Waals surface area contributed by atoms with Crippen molar-refractivity contribution in [1.82, 2.24) is 0 Å². The summed E-state index contributed by atoms with van der Waals surface area (Å²) in [4.78, 5) is 0. The van der Waals surface area contributed by atoms with Crippen LogP contribution in [-0.2, 0) is 10.8 Å². The third-order valence-corrected chi connectivity index (χ3v) is 6.96. The molecular formula is C27H36O4. The maximum atomic E-state index is 10.7. The van der Waals surface area contributed by atoms with E-state index in [1.165, 1.54) is 0 Å². The first-order chi connectivity index (χ1) is 14.3. The zero-order valence-electron chi connectivity index (χ0n) is 20.1. The molecule has 2 heterocycles. The molecule has 0 fully saturated rings. The van der Waals surface area contributed by atoms with Gasteiger partial charge < -0.3 is 19.7 Å². The normalized spacial score (nSPS) is 20.2. The number of phenols is 2. The fourth-order valence-corrected chi connectivity index (χ4v) is 5.72. The second-order valence-electron chi connectivity index (χ2n) is 11.3. The molecule has 0 bridgehead atoms. The minimum Gasteiger partial charge on any atom is -0.508 e. The molecule has 0 unspecified atom stereocenters. The van der Waals surface area contributed by atoms with Crippen LogP contribution in [0.5, 0.6) is 23.0 Å². The number of benzene rings is 2. The van der Waals surface area contributed by atoms with E-state index in [-0.39, 0.29) is 34.2 Å². The van der Waals surface area contributed by atoms with Gasteiger partial charge in [0, 0.05) is 45.9 Å². The molecule has 0 amide bonds. The van der Waals surface area contributed by atoms with Crippen molar-refractivity contribution in [2.45, 2.75) is 96.7 Å². The maximum Gasteiger partial charge on any atom is 0.253 e. The standard InChI is InChI=1S/C27H36O4/c1-15(2)21-19(28)11-9-17-23(21)30-27(13-25(17,5)6)14-26(7,8)18-10-12-20(29)22(16(3)4)24(18)31-27/h9-12,15-16,28-29H,13-14H2,1-8H3. The van der Waals surface area contributed by atoms with Gasteiger partial charge in [-0.2, -0.15) is 0 Å². The lowest BCUT2D eigenvalue weighted by molar-refractivity contribution is -0.167. The highest BCUT2D eigenvalue weighted by atomic mass is 16.7. The quantitative estimate of drug-likeness (QED) is 0.553. The van der Waals surface area contributed by atoms with E-state index in [4.69, 9.17) is 9.47 Å². The Hall–Kier alpha value is -2.36. The Balaban J connectivity index is 1.93. The van der Waals surface area contributed by atoms with Crippen LogP contribution in [0, 0.1) is 0 Å². The van der Waals surface area contributed by atoms with Crippen molar-refractivity contribution in [3.8, 4) is 23.0 Å². The summed E-state index contributed by atoms with van der Waals surface area (Å²) in [5, 5.41) is 21.3. The molecule has 4 nitrogen and oxygen atoms in total. The van der Waals surface area contributed by atoms with Crippen LogP contribution in [0.15, 0.2) is 24.3 Å². The Morgan fingerprint density at radius 3 is 1.35 bits per heavy atom. The Morgan fingerprint density at radius 2 is 1.03 bits per heavy atom. The molecule has 0 aromatic heterocycles. The Morgan fingerprint density at radius 1 is 0.677 bits per heavy atom. The lowest BCUT2D eigenvalue weighted by Gasteiger charge is -2.52. The smallest absolute Gasteiger partial charge is 0.253 e. The second-order valence-corrected chi connectivity index (χ2v) is 11.3. The van der Waals surface area contributed by atoms with E-state index in [9.17, 15) is 10.2 Å².